The van der Waals surface area contributed by atoms with Crippen molar-refractivity contribution < 1.29 is 14.4 Å². The van der Waals surface area contributed by atoms with E-state index in [9.17, 15) is 14.4 Å². The molecule has 0 radical (unpaired) electrons. The maximum atomic E-state index is 13.4. The van der Waals surface area contributed by atoms with E-state index in [-0.39, 0.29) is 24.3 Å². The van der Waals surface area contributed by atoms with Crippen molar-refractivity contribution >= 4 is 35.0 Å². The van der Waals surface area contributed by atoms with Crippen LogP contribution in [0.15, 0.2) is 42.5 Å². The second kappa shape index (κ2) is 8.48. The molecule has 3 amide bonds. The smallest absolute Gasteiger partial charge is 0.256 e. The van der Waals surface area contributed by atoms with Crippen molar-refractivity contribution in [3.05, 3.63) is 64.2 Å². The highest BCUT2D eigenvalue weighted by atomic mass is 35.5. The fourth-order valence-electron chi connectivity index (χ4n) is 4.24. The van der Waals surface area contributed by atoms with Crippen molar-refractivity contribution in [1.29, 1.82) is 0 Å². The molecule has 156 valence electrons. The Balaban J connectivity index is 1.70. The fourth-order valence-corrected chi connectivity index (χ4v) is 4.45. The first kappa shape index (κ1) is 20.4. The molecule has 2 aromatic rings. The summed E-state index contributed by atoms with van der Waals surface area (Å²) in [4.78, 5) is 41.6. The summed E-state index contributed by atoms with van der Waals surface area (Å²) in [5.41, 5.74) is 3.01. The lowest BCUT2D eigenvalue weighted by Crippen LogP contribution is -2.53. The van der Waals surface area contributed by atoms with Crippen LogP contribution in [-0.2, 0) is 22.6 Å². The van der Waals surface area contributed by atoms with Gasteiger partial charge in [0.2, 0.25) is 11.8 Å². The standard InChI is InChI=1S/C23H24ClN3O3/c1-15(28)25-18-9-8-16-13-21(23(30)26-10-4-5-11-26)27(14-17(16)12-18)22(29)19-6-2-3-7-20(19)24/h2-3,6-9,12,21H,4-5,10-11,13-14H2,1H3,(H,25,28). The third-order valence-corrected chi connectivity index (χ3v) is 6.05. The SMILES string of the molecule is CC(=O)Nc1ccc2c(c1)CN(C(=O)c1ccccc1Cl)C(C(=O)N1CCCC1)C2. The van der Waals surface area contributed by atoms with Crippen LogP contribution in [0.25, 0.3) is 0 Å². The molecule has 7 heteroatoms. The topological polar surface area (TPSA) is 69.7 Å². The van der Waals surface area contributed by atoms with Crippen LogP contribution >= 0.6 is 11.6 Å². The van der Waals surface area contributed by atoms with Crippen LogP contribution in [0, 0.1) is 0 Å². The monoisotopic (exact) mass is 425 g/mol. The zero-order valence-corrected chi connectivity index (χ0v) is 17.6. The Bertz CT molecular complexity index is 1000. The summed E-state index contributed by atoms with van der Waals surface area (Å²) in [7, 11) is 0. The van der Waals surface area contributed by atoms with E-state index in [0.717, 1.165) is 37.1 Å². The number of benzene rings is 2. The number of fused-ring (bicyclic) bond motifs is 1. The lowest BCUT2D eigenvalue weighted by molar-refractivity contribution is -0.135. The predicted octanol–water partition coefficient (Wildman–Crippen LogP) is 3.49. The van der Waals surface area contributed by atoms with Gasteiger partial charge in [-0.3, -0.25) is 14.4 Å². The molecule has 0 saturated carbocycles. The minimum absolute atomic E-state index is 0.00973. The molecule has 4 rings (SSSR count). The quantitative estimate of drug-likeness (QED) is 0.818. The Morgan fingerprint density at radius 1 is 1.03 bits per heavy atom. The molecular formula is C23H24ClN3O3. The normalized spacial score (nSPS) is 18.1. The number of amides is 3. The second-order valence-electron chi connectivity index (χ2n) is 7.83. The number of hydrogen-bond donors (Lipinski definition) is 1. The van der Waals surface area contributed by atoms with Crippen LogP contribution in [0.2, 0.25) is 5.02 Å². The molecule has 1 N–H and O–H groups in total. The van der Waals surface area contributed by atoms with Gasteiger partial charge < -0.3 is 15.1 Å². The van der Waals surface area contributed by atoms with Gasteiger partial charge in [-0.05, 0) is 48.2 Å². The van der Waals surface area contributed by atoms with Gasteiger partial charge >= 0.3 is 0 Å². The van der Waals surface area contributed by atoms with Crippen molar-refractivity contribution in [2.75, 3.05) is 18.4 Å². The summed E-state index contributed by atoms with van der Waals surface area (Å²) in [5, 5.41) is 3.15. The van der Waals surface area contributed by atoms with E-state index in [1.807, 2.05) is 23.1 Å². The molecule has 2 aliphatic heterocycles. The number of nitrogens with one attached hydrogen (secondary N) is 1. The molecule has 1 saturated heterocycles. The Hall–Kier alpha value is -2.86. The zero-order valence-electron chi connectivity index (χ0n) is 16.9. The number of carbonyl (C=O) groups excluding carboxylic acids is 3. The van der Waals surface area contributed by atoms with Gasteiger partial charge in [-0.1, -0.05) is 29.8 Å². The average molecular weight is 426 g/mol. The van der Waals surface area contributed by atoms with Crippen LogP contribution < -0.4 is 5.32 Å². The van der Waals surface area contributed by atoms with Gasteiger partial charge in [0.15, 0.2) is 0 Å². The highest BCUT2D eigenvalue weighted by Gasteiger charge is 2.38. The molecule has 1 fully saturated rings. The molecule has 0 bridgehead atoms. The van der Waals surface area contributed by atoms with E-state index < -0.39 is 6.04 Å². The van der Waals surface area contributed by atoms with Gasteiger partial charge in [0.25, 0.3) is 5.91 Å². The first-order valence-electron chi connectivity index (χ1n) is 10.2. The number of carbonyl (C=O) groups is 3. The fraction of sp³-hybridized carbons (Fsp3) is 0.348. The number of likely N-dealkylation sites (tertiary alicyclic amines) is 1. The highest BCUT2D eigenvalue weighted by molar-refractivity contribution is 6.33. The minimum atomic E-state index is -0.564. The van der Waals surface area contributed by atoms with Crippen LogP contribution in [0.5, 0.6) is 0 Å². The van der Waals surface area contributed by atoms with Gasteiger partial charge in [-0.15, -0.1) is 0 Å². The van der Waals surface area contributed by atoms with Gasteiger partial charge in [0.05, 0.1) is 10.6 Å². The highest BCUT2D eigenvalue weighted by Crippen LogP contribution is 2.30. The van der Waals surface area contributed by atoms with Crippen molar-refractivity contribution in [3.8, 4) is 0 Å². The van der Waals surface area contributed by atoms with E-state index in [2.05, 4.69) is 5.32 Å². The molecule has 6 nitrogen and oxygen atoms in total. The van der Waals surface area contributed by atoms with E-state index in [1.165, 1.54) is 6.92 Å². The van der Waals surface area contributed by atoms with E-state index in [0.29, 0.717) is 22.7 Å². The zero-order chi connectivity index (χ0) is 21.3. The summed E-state index contributed by atoms with van der Waals surface area (Å²) >= 11 is 6.29. The number of rotatable bonds is 3. The lowest BCUT2D eigenvalue weighted by atomic mass is 9.92. The summed E-state index contributed by atoms with van der Waals surface area (Å²) in [6.45, 7) is 3.21. The first-order valence-corrected chi connectivity index (χ1v) is 10.6. The molecule has 2 heterocycles. The third kappa shape index (κ3) is 4.05. The molecular weight excluding hydrogens is 402 g/mol. The molecule has 1 atom stereocenters. The van der Waals surface area contributed by atoms with Crippen LogP contribution in [0.3, 0.4) is 0 Å². The number of hydrogen-bond acceptors (Lipinski definition) is 3. The largest absolute Gasteiger partial charge is 0.341 e. The maximum absolute atomic E-state index is 13.4. The van der Waals surface area contributed by atoms with E-state index >= 15 is 0 Å². The maximum Gasteiger partial charge on any atom is 0.256 e. The predicted molar refractivity (Wildman–Crippen MR) is 115 cm³/mol. The van der Waals surface area contributed by atoms with Crippen molar-refractivity contribution in [2.24, 2.45) is 0 Å². The van der Waals surface area contributed by atoms with E-state index in [4.69, 9.17) is 11.6 Å². The van der Waals surface area contributed by atoms with Crippen molar-refractivity contribution in [3.63, 3.8) is 0 Å². The molecule has 0 aliphatic carbocycles. The number of halogens is 1. The first-order chi connectivity index (χ1) is 14.4. The molecule has 1 unspecified atom stereocenters. The van der Waals surface area contributed by atoms with Gasteiger partial charge in [0, 0.05) is 38.7 Å². The Kier molecular flexibility index (Phi) is 5.77. The number of anilines is 1. The molecule has 2 aromatic carbocycles. The van der Waals surface area contributed by atoms with Gasteiger partial charge in [-0.25, -0.2) is 0 Å². The van der Waals surface area contributed by atoms with Gasteiger partial charge in [0.1, 0.15) is 6.04 Å². The minimum Gasteiger partial charge on any atom is -0.341 e. The lowest BCUT2D eigenvalue weighted by Gasteiger charge is -2.38. The second-order valence-corrected chi connectivity index (χ2v) is 8.24. The van der Waals surface area contributed by atoms with Gasteiger partial charge in [-0.2, -0.15) is 0 Å². The Morgan fingerprint density at radius 2 is 1.77 bits per heavy atom. The molecule has 0 spiro atoms. The summed E-state index contributed by atoms with van der Waals surface area (Å²) in [6.07, 6.45) is 2.43. The molecule has 30 heavy (non-hydrogen) atoms. The number of nitrogens with zero attached hydrogens (tertiary/aromatic N) is 2. The van der Waals surface area contributed by atoms with Crippen LogP contribution in [-0.4, -0.2) is 46.7 Å². The van der Waals surface area contributed by atoms with Crippen LogP contribution in [0.1, 0.15) is 41.3 Å². The molecule has 2 aliphatic rings. The summed E-state index contributed by atoms with van der Waals surface area (Å²) in [6, 6.07) is 12.0. The third-order valence-electron chi connectivity index (χ3n) is 5.72. The summed E-state index contributed by atoms with van der Waals surface area (Å²) < 4.78 is 0. The Labute approximate surface area is 180 Å². The van der Waals surface area contributed by atoms with Crippen molar-refractivity contribution in [2.45, 2.75) is 38.8 Å². The van der Waals surface area contributed by atoms with Crippen molar-refractivity contribution in [1.82, 2.24) is 9.80 Å². The van der Waals surface area contributed by atoms with Crippen LogP contribution in [0.4, 0.5) is 5.69 Å². The summed E-state index contributed by atoms with van der Waals surface area (Å²) in [5.74, 6) is -0.421. The van der Waals surface area contributed by atoms with E-state index in [1.54, 1.807) is 29.2 Å². The molecule has 0 aromatic heterocycles. The Morgan fingerprint density at radius 3 is 2.47 bits per heavy atom. The average Bonchev–Trinajstić information content (AvgIpc) is 3.26.